The minimum atomic E-state index is 0.816. The van der Waals surface area contributed by atoms with E-state index in [-0.39, 0.29) is 0 Å². The maximum absolute atomic E-state index is 5.36. The Bertz CT molecular complexity index is 154. The Morgan fingerprint density at radius 1 is 1.36 bits per heavy atom. The summed E-state index contributed by atoms with van der Waals surface area (Å²) in [7, 11) is 0. The number of rotatable bonds is 5. The van der Waals surface area contributed by atoms with Crippen LogP contribution in [0.15, 0.2) is 12.4 Å². The van der Waals surface area contributed by atoms with Gasteiger partial charge in [-0.1, -0.05) is 19.1 Å². The van der Waals surface area contributed by atoms with Gasteiger partial charge in [-0.25, -0.2) is 0 Å². The summed E-state index contributed by atoms with van der Waals surface area (Å²) in [4.78, 5) is 2.38. The first-order valence-corrected chi connectivity index (χ1v) is 5.07. The monoisotopic (exact) mass is 199 g/mol. The molecule has 0 aliphatic carbocycles. The lowest BCUT2D eigenvalue weighted by Gasteiger charge is -2.16. The van der Waals surface area contributed by atoms with Gasteiger partial charge in [-0.2, -0.15) is 0 Å². The molecule has 1 heterocycles. The van der Waals surface area contributed by atoms with Crippen molar-refractivity contribution in [1.82, 2.24) is 20.3 Å². The number of hydrogen-bond donors (Lipinski definition) is 2. The average molecular weight is 199 g/mol. The van der Waals surface area contributed by atoms with Crippen LogP contribution in [-0.2, 0) is 0 Å². The van der Waals surface area contributed by atoms with E-state index in [0.29, 0.717) is 0 Å². The molecule has 0 amide bonds. The highest BCUT2D eigenvalue weighted by molar-refractivity contribution is 4.55. The third-order valence-electron chi connectivity index (χ3n) is 1.90. The summed E-state index contributed by atoms with van der Waals surface area (Å²) < 4.78 is 0. The second-order valence-electron chi connectivity index (χ2n) is 2.83. The van der Waals surface area contributed by atoms with E-state index >= 15 is 0 Å². The van der Waals surface area contributed by atoms with Gasteiger partial charge in [0.05, 0.1) is 6.20 Å². The molecule has 0 atom stereocenters. The Kier molecular flexibility index (Phi) is 9.46. The van der Waals surface area contributed by atoms with Crippen molar-refractivity contribution in [2.24, 2.45) is 5.73 Å². The van der Waals surface area contributed by atoms with Crippen LogP contribution in [0.2, 0.25) is 0 Å². The Morgan fingerprint density at radius 2 is 2.07 bits per heavy atom. The number of aromatic nitrogens is 3. The molecule has 5 heteroatoms. The normalized spacial score (nSPS) is 9.71. The largest absolute Gasteiger partial charge is 0.330 e. The van der Waals surface area contributed by atoms with E-state index < -0.39 is 0 Å². The van der Waals surface area contributed by atoms with Gasteiger partial charge < -0.3 is 10.6 Å². The zero-order valence-electron chi connectivity index (χ0n) is 9.11. The molecule has 5 nitrogen and oxygen atoms in total. The molecule has 82 valence electrons. The summed E-state index contributed by atoms with van der Waals surface area (Å²) in [6, 6.07) is 0. The first-order valence-electron chi connectivity index (χ1n) is 5.07. The van der Waals surface area contributed by atoms with Crippen LogP contribution in [0.5, 0.6) is 0 Å². The number of nitrogens with two attached hydrogens (primary N) is 1. The molecule has 0 saturated heterocycles. The molecule has 0 unspecified atom stereocenters. The van der Waals surface area contributed by atoms with E-state index in [2.05, 4.69) is 34.2 Å². The van der Waals surface area contributed by atoms with Crippen molar-refractivity contribution in [2.45, 2.75) is 20.3 Å². The lowest BCUT2D eigenvalue weighted by molar-refractivity contribution is 0.302. The highest BCUT2D eigenvalue weighted by atomic mass is 15.3. The van der Waals surface area contributed by atoms with Gasteiger partial charge in [0.1, 0.15) is 0 Å². The Labute approximate surface area is 85.7 Å². The molecule has 1 aromatic heterocycles. The highest BCUT2D eigenvalue weighted by Crippen LogP contribution is 1.87. The summed E-state index contributed by atoms with van der Waals surface area (Å²) in [6.07, 6.45) is 4.36. The fraction of sp³-hybridized carbons (Fsp3) is 0.778. The lowest BCUT2D eigenvalue weighted by atomic mass is 10.4. The maximum Gasteiger partial charge on any atom is 0.0690 e. The fourth-order valence-electron chi connectivity index (χ4n) is 1.02. The van der Waals surface area contributed by atoms with Gasteiger partial charge in [0.25, 0.3) is 0 Å². The van der Waals surface area contributed by atoms with Gasteiger partial charge >= 0.3 is 0 Å². The molecule has 0 aliphatic heterocycles. The van der Waals surface area contributed by atoms with Crippen LogP contribution < -0.4 is 5.73 Å². The van der Waals surface area contributed by atoms with E-state index in [0.717, 1.165) is 32.6 Å². The van der Waals surface area contributed by atoms with Gasteiger partial charge in [-0.05, 0) is 32.6 Å². The van der Waals surface area contributed by atoms with Crippen LogP contribution in [0.3, 0.4) is 0 Å². The SMILES string of the molecule is CCN(CC)CCCN.c1c[nH]nn1. The van der Waals surface area contributed by atoms with Crippen molar-refractivity contribution < 1.29 is 0 Å². The standard InChI is InChI=1S/C7H18N2.C2H3N3/c1-3-9(4-2)7-5-6-8;1-2-4-5-3-1/h3-8H2,1-2H3;1-2H,(H,3,4,5). The van der Waals surface area contributed by atoms with Crippen molar-refractivity contribution in [3.05, 3.63) is 12.4 Å². The van der Waals surface area contributed by atoms with Crippen LogP contribution >= 0.6 is 0 Å². The molecule has 0 fully saturated rings. The topological polar surface area (TPSA) is 70.8 Å². The summed E-state index contributed by atoms with van der Waals surface area (Å²) in [5.74, 6) is 0. The molecule has 0 aliphatic rings. The van der Waals surface area contributed by atoms with Gasteiger partial charge in [0, 0.05) is 6.20 Å². The predicted molar refractivity (Wildman–Crippen MR) is 57.8 cm³/mol. The molecule has 1 rings (SSSR count). The molecule has 0 bridgehead atoms. The second-order valence-corrected chi connectivity index (χ2v) is 2.83. The molecular weight excluding hydrogens is 178 g/mol. The lowest BCUT2D eigenvalue weighted by Crippen LogP contribution is -2.25. The highest BCUT2D eigenvalue weighted by Gasteiger charge is 1.94. The zero-order valence-corrected chi connectivity index (χ0v) is 9.11. The molecule has 0 aromatic carbocycles. The molecule has 0 saturated carbocycles. The molecule has 0 radical (unpaired) electrons. The molecule has 0 spiro atoms. The zero-order chi connectivity index (χ0) is 10.6. The first-order chi connectivity index (χ1) is 6.85. The third-order valence-corrected chi connectivity index (χ3v) is 1.90. The fourth-order valence-corrected chi connectivity index (χ4v) is 1.02. The van der Waals surface area contributed by atoms with Crippen molar-refractivity contribution >= 4 is 0 Å². The molecule has 3 N–H and O–H groups in total. The number of aromatic amines is 1. The van der Waals surface area contributed by atoms with E-state index in [4.69, 9.17) is 5.73 Å². The minimum Gasteiger partial charge on any atom is -0.330 e. The predicted octanol–water partition coefficient (Wildman–Crippen LogP) is 0.482. The van der Waals surface area contributed by atoms with Gasteiger partial charge in [-0.15, -0.1) is 5.10 Å². The Balaban J connectivity index is 0.000000280. The number of nitrogens with zero attached hydrogens (tertiary/aromatic N) is 3. The van der Waals surface area contributed by atoms with Crippen LogP contribution in [0.1, 0.15) is 20.3 Å². The Morgan fingerprint density at radius 3 is 2.36 bits per heavy atom. The average Bonchev–Trinajstić information content (AvgIpc) is 2.78. The minimum absolute atomic E-state index is 0.816. The van der Waals surface area contributed by atoms with E-state index in [9.17, 15) is 0 Å². The molecular formula is C9H21N5. The summed E-state index contributed by atoms with van der Waals surface area (Å²) >= 11 is 0. The summed E-state index contributed by atoms with van der Waals surface area (Å²) in [5.41, 5.74) is 5.36. The van der Waals surface area contributed by atoms with Gasteiger partial charge in [0.15, 0.2) is 0 Å². The van der Waals surface area contributed by atoms with Gasteiger partial charge in [0.2, 0.25) is 0 Å². The van der Waals surface area contributed by atoms with Crippen LogP contribution in [0.4, 0.5) is 0 Å². The van der Waals surface area contributed by atoms with Crippen molar-refractivity contribution in [3.63, 3.8) is 0 Å². The quantitative estimate of drug-likeness (QED) is 0.723. The van der Waals surface area contributed by atoms with Crippen LogP contribution in [0, 0.1) is 0 Å². The molecule has 14 heavy (non-hydrogen) atoms. The summed E-state index contributed by atoms with van der Waals surface area (Å²) in [5, 5.41) is 9.26. The van der Waals surface area contributed by atoms with Crippen LogP contribution in [0.25, 0.3) is 0 Å². The van der Waals surface area contributed by atoms with Crippen molar-refractivity contribution in [3.8, 4) is 0 Å². The summed E-state index contributed by atoms with van der Waals surface area (Å²) in [6.45, 7) is 8.63. The first kappa shape index (κ1) is 13.1. The van der Waals surface area contributed by atoms with Gasteiger partial charge in [-0.3, -0.25) is 5.10 Å². The van der Waals surface area contributed by atoms with E-state index in [1.165, 1.54) is 0 Å². The molecule has 1 aromatic rings. The number of hydrogen-bond acceptors (Lipinski definition) is 4. The Hall–Kier alpha value is -0.940. The van der Waals surface area contributed by atoms with Crippen LogP contribution in [-0.4, -0.2) is 46.5 Å². The third kappa shape index (κ3) is 7.70. The smallest absolute Gasteiger partial charge is 0.0690 e. The number of H-pyrrole nitrogens is 1. The maximum atomic E-state index is 5.36. The van der Waals surface area contributed by atoms with E-state index in [1.54, 1.807) is 12.4 Å². The van der Waals surface area contributed by atoms with Crippen molar-refractivity contribution in [2.75, 3.05) is 26.2 Å². The second kappa shape index (κ2) is 10.1. The van der Waals surface area contributed by atoms with Crippen molar-refractivity contribution in [1.29, 1.82) is 0 Å². The van der Waals surface area contributed by atoms with E-state index in [1.807, 2.05) is 0 Å². The number of nitrogens with one attached hydrogen (secondary N) is 1.